The third-order valence-corrected chi connectivity index (χ3v) is 2.53. The topological polar surface area (TPSA) is 32.3 Å². The van der Waals surface area contributed by atoms with Crippen molar-refractivity contribution in [1.82, 2.24) is 5.32 Å². The van der Waals surface area contributed by atoms with Crippen LogP contribution in [0.4, 0.5) is 0 Å². The average Bonchev–Trinajstić information content (AvgIpc) is 2.03. The van der Waals surface area contributed by atoms with Gasteiger partial charge in [-0.05, 0) is 25.3 Å². The molecular formula is C9H19NO. The van der Waals surface area contributed by atoms with Crippen LogP contribution in [0.5, 0.6) is 0 Å². The first-order chi connectivity index (χ1) is 5.34. The lowest BCUT2D eigenvalue weighted by atomic mass is 9.86. The summed E-state index contributed by atoms with van der Waals surface area (Å²) in [5, 5.41) is 12.8. The van der Waals surface area contributed by atoms with E-state index < -0.39 is 0 Å². The van der Waals surface area contributed by atoms with Gasteiger partial charge in [0.05, 0.1) is 6.10 Å². The minimum absolute atomic E-state index is 0.0391. The predicted octanol–water partition coefficient (Wildman–Crippen LogP) is 1.15. The monoisotopic (exact) mass is 157 g/mol. The second-order valence-corrected chi connectivity index (χ2v) is 3.42. The molecule has 0 radical (unpaired) electrons. The molecule has 0 spiro atoms. The molecule has 1 aliphatic carbocycles. The molecule has 2 heteroatoms. The summed E-state index contributed by atoms with van der Waals surface area (Å²) in [6, 6.07) is 0. The third-order valence-electron chi connectivity index (χ3n) is 2.53. The number of hydrogen-bond acceptors (Lipinski definition) is 2. The van der Waals surface area contributed by atoms with Crippen molar-refractivity contribution in [2.75, 3.05) is 13.1 Å². The minimum atomic E-state index is -0.0391. The molecule has 0 saturated heterocycles. The van der Waals surface area contributed by atoms with Gasteiger partial charge in [0, 0.05) is 6.54 Å². The zero-order chi connectivity index (χ0) is 8.10. The molecule has 2 N–H and O–H groups in total. The Kier molecular flexibility index (Phi) is 3.87. The third kappa shape index (κ3) is 2.80. The second-order valence-electron chi connectivity index (χ2n) is 3.42. The molecule has 2 nitrogen and oxygen atoms in total. The van der Waals surface area contributed by atoms with Crippen molar-refractivity contribution in [1.29, 1.82) is 0 Å². The van der Waals surface area contributed by atoms with Crippen molar-refractivity contribution in [3.05, 3.63) is 0 Å². The molecule has 2 unspecified atom stereocenters. The van der Waals surface area contributed by atoms with E-state index in [0.29, 0.717) is 5.92 Å². The lowest BCUT2D eigenvalue weighted by molar-refractivity contribution is 0.0700. The van der Waals surface area contributed by atoms with Gasteiger partial charge >= 0.3 is 0 Å². The van der Waals surface area contributed by atoms with Gasteiger partial charge in [0.25, 0.3) is 0 Å². The van der Waals surface area contributed by atoms with E-state index in [4.69, 9.17) is 0 Å². The van der Waals surface area contributed by atoms with E-state index in [2.05, 4.69) is 12.2 Å². The molecule has 0 aromatic rings. The maximum absolute atomic E-state index is 9.56. The molecule has 66 valence electrons. The highest BCUT2D eigenvalue weighted by Crippen LogP contribution is 2.23. The van der Waals surface area contributed by atoms with Gasteiger partial charge in [-0.1, -0.05) is 19.8 Å². The number of rotatable bonds is 3. The van der Waals surface area contributed by atoms with Crippen LogP contribution in [0.25, 0.3) is 0 Å². The van der Waals surface area contributed by atoms with Crippen molar-refractivity contribution in [3.63, 3.8) is 0 Å². The van der Waals surface area contributed by atoms with E-state index in [0.717, 1.165) is 19.5 Å². The molecule has 1 saturated carbocycles. The average molecular weight is 157 g/mol. The van der Waals surface area contributed by atoms with Crippen molar-refractivity contribution in [3.8, 4) is 0 Å². The van der Waals surface area contributed by atoms with Crippen LogP contribution in [0.3, 0.4) is 0 Å². The van der Waals surface area contributed by atoms with Gasteiger partial charge in [0.15, 0.2) is 0 Å². The Morgan fingerprint density at radius 3 is 2.73 bits per heavy atom. The molecule has 2 atom stereocenters. The molecule has 0 aliphatic heterocycles. The zero-order valence-corrected chi connectivity index (χ0v) is 7.34. The SMILES string of the molecule is CCNCC1CCCCC1O. The highest BCUT2D eigenvalue weighted by Gasteiger charge is 2.21. The fourth-order valence-electron chi connectivity index (χ4n) is 1.76. The highest BCUT2D eigenvalue weighted by molar-refractivity contribution is 4.75. The Hall–Kier alpha value is -0.0800. The fraction of sp³-hybridized carbons (Fsp3) is 1.00. The molecular weight excluding hydrogens is 138 g/mol. The summed E-state index contributed by atoms with van der Waals surface area (Å²) in [6.45, 7) is 4.12. The molecule has 0 aromatic heterocycles. The number of aliphatic hydroxyl groups excluding tert-OH is 1. The molecule has 11 heavy (non-hydrogen) atoms. The molecule has 0 amide bonds. The van der Waals surface area contributed by atoms with Gasteiger partial charge in [0.1, 0.15) is 0 Å². The van der Waals surface area contributed by atoms with Crippen LogP contribution in [-0.4, -0.2) is 24.3 Å². The van der Waals surface area contributed by atoms with E-state index >= 15 is 0 Å². The number of hydrogen-bond donors (Lipinski definition) is 2. The largest absolute Gasteiger partial charge is 0.393 e. The van der Waals surface area contributed by atoms with Gasteiger partial charge in [-0.3, -0.25) is 0 Å². The van der Waals surface area contributed by atoms with Gasteiger partial charge in [-0.25, -0.2) is 0 Å². The van der Waals surface area contributed by atoms with Crippen molar-refractivity contribution >= 4 is 0 Å². The Bertz CT molecular complexity index is 106. The zero-order valence-electron chi connectivity index (χ0n) is 7.34. The van der Waals surface area contributed by atoms with Crippen molar-refractivity contribution < 1.29 is 5.11 Å². The summed E-state index contributed by atoms with van der Waals surface area (Å²) in [5.74, 6) is 0.517. The number of nitrogens with one attached hydrogen (secondary N) is 1. The Balaban J connectivity index is 2.18. The van der Waals surface area contributed by atoms with Gasteiger partial charge in [-0.15, -0.1) is 0 Å². The maximum atomic E-state index is 9.56. The van der Waals surface area contributed by atoms with Crippen LogP contribution in [0.1, 0.15) is 32.6 Å². The summed E-state index contributed by atoms with van der Waals surface area (Å²) in [4.78, 5) is 0. The van der Waals surface area contributed by atoms with E-state index in [1.165, 1.54) is 19.3 Å². The van der Waals surface area contributed by atoms with Crippen LogP contribution in [0.2, 0.25) is 0 Å². The smallest absolute Gasteiger partial charge is 0.0580 e. The molecule has 1 fully saturated rings. The van der Waals surface area contributed by atoms with Crippen LogP contribution in [-0.2, 0) is 0 Å². The quantitative estimate of drug-likeness (QED) is 0.644. The number of aliphatic hydroxyl groups is 1. The van der Waals surface area contributed by atoms with Crippen molar-refractivity contribution in [2.45, 2.75) is 38.7 Å². The standard InChI is InChI=1S/C9H19NO/c1-2-10-7-8-5-3-4-6-9(8)11/h8-11H,2-7H2,1H3. The summed E-state index contributed by atoms with van der Waals surface area (Å²) < 4.78 is 0. The summed E-state index contributed by atoms with van der Waals surface area (Å²) in [5.41, 5.74) is 0. The molecule has 0 aromatic carbocycles. The van der Waals surface area contributed by atoms with Gasteiger partial charge < -0.3 is 10.4 Å². The Morgan fingerprint density at radius 1 is 1.36 bits per heavy atom. The van der Waals surface area contributed by atoms with Crippen LogP contribution in [0.15, 0.2) is 0 Å². The second kappa shape index (κ2) is 4.73. The van der Waals surface area contributed by atoms with E-state index in [1.54, 1.807) is 0 Å². The first-order valence-corrected chi connectivity index (χ1v) is 4.73. The lowest BCUT2D eigenvalue weighted by Gasteiger charge is -2.27. The van der Waals surface area contributed by atoms with Crippen LogP contribution < -0.4 is 5.32 Å². The Morgan fingerprint density at radius 2 is 2.09 bits per heavy atom. The predicted molar refractivity (Wildman–Crippen MR) is 46.5 cm³/mol. The normalized spacial score (nSPS) is 32.2. The summed E-state index contributed by atoms with van der Waals surface area (Å²) in [7, 11) is 0. The first kappa shape index (κ1) is 9.01. The van der Waals surface area contributed by atoms with Crippen LogP contribution in [0, 0.1) is 5.92 Å². The van der Waals surface area contributed by atoms with Crippen LogP contribution >= 0.6 is 0 Å². The summed E-state index contributed by atoms with van der Waals surface area (Å²) >= 11 is 0. The maximum Gasteiger partial charge on any atom is 0.0580 e. The van der Waals surface area contributed by atoms with E-state index in [9.17, 15) is 5.11 Å². The molecule has 0 heterocycles. The molecule has 1 rings (SSSR count). The highest BCUT2D eigenvalue weighted by atomic mass is 16.3. The Labute approximate surface area is 69.0 Å². The first-order valence-electron chi connectivity index (χ1n) is 4.73. The molecule has 1 aliphatic rings. The van der Waals surface area contributed by atoms with Gasteiger partial charge in [0.2, 0.25) is 0 Å². The fourth-order valence-corrected chi connectivity index (χ4v) is 1.76. The van der Waals surface area contributed by atoms with Crippen molar-refractivity contribution in [2.24, 2.45) is 5.92 Å². The lowest BCUT2D eigenvalue weighted by Crippen LogP contribution is -2.33. The minimum Gasteiger partial charge on any atom is -0.393 e. The summed E-state index contributed by atoms with van der Waals surface area (Å²) in [6.07, 6.45) is 4.68. The van der Waals surface area contributed by atoms with Gasteiger partial charge in [-0.2, -0.15) is 0 Å². The molecule has 0 bridgehead atoms. The van der Waals surface area contributed by atoms with E-state index in [-0.39, 0.29) is 6.10 Å². The van der Waals surface area contributed by atoms with E-state index in [1.807, 2.05) is 0 Å².